The first-order valence-corrected chi connectivity index (χ1v) is 7.50. The molecule has 0 spiro atoms. The van der Waals surface area contributed by atoms with Crippen molar-refractivity contribution in [1.82, 2.24) is 0 Å². The minimum absolute atomic E-state index is 0.0357. The van der Waals surface area contributed by atoms with Gasteiger partial charge in [-0.2, -0.15) is 0 Å². The van der Waals surface area contributed by atoms with E-state index >= 15 is 0 Å². The minimum Gasteiger partial charge on any atom is -0.327 e. The molecule has 0 aromatic heterocycles. The summed E-state index contributed by atoms with van der Waals surface area (Å²) in [7, 11) is 0. The van der Waals surface area contributed by atoms with Crippen LogP contribution in [0.3, 0.4) is 0 Å². The number of rotatable bonds is 4. The summed E-state index contributed by atoms with van der Waals surface area (Å²) in [5, 5.41) is 0. The van der Waals surface area contributed by atoms with Crippen molar-refractivity contribution in [2.75, 3.05) is 0 Å². The predicted molar refractivity (Wildman–Crippen MR) is 85.4 cm³/mol. The van der Waals surface area contributed by atoms with Gasteiger partial charge in [-0.15, -0.1) is 0 Å². The van der Waals surface area contributed by atoms with Gasteiger partial charge in [0, 0.05) is 6.04 Å². The van der Waals surface area contributed by atoms with Gasteiger partial charge in [0.25, 0.3) is 0 Å². The van der Waals surface area contributed by atoms with Crippen LogP contribution in [0.4, 0.5) is 4.39 Å². The summed E-state index contributed by atoms with van der Waals surface area (Å²) < 4.78 is 13.7. The molecule has 2 N–H and O–H groups in total. The highest BCUT2D eigenvalue weighted by atomic mass is 79.9. The molecule has 0 aliphatic rings. The molecule has 0 amide bonds. The van der Waals surface area contributed by atoms with Gasteiger partial charge in [-0.3, -0.25) is 0 Å². The van der Waals surface area contributed by atoms with E-state index in [9.17, 15) is 4.39 Å². The van der Waals surface area contributed by atoms with Crippen LogP contribution >= 0.6 is 15.9 Å². The zero-order valence-electron chi connectivity index (χ0n) is 11.8. The van der Waals surface area contributed by atoms with Crippen LogP contribution in [0.15, 0.2) is 40.9 Å². The topological polar surface area (TPSA) is 26.0 Å². The lowest BCUT2D eigenvalue weighted by molar-refractivity contribution is 0.617. The van der Waals surface area contributed by atoms with Crippen molar-refractivity contribution >= 4 is 15.9 Å². The van der Waals surface area contributed by atoms with Crippen LogP contribution in [-0.4, -0.2) is 6.04 Å². The Labute approximate surface area is 128 Å². The van der Waals surface area contributed by atoms with E-state index in [-0.39, 0.29) is 11.9 Å². The van der Waals surface area contributed by atoms with Crippen LogP contribution in [0, 0.1) is 19.7 Å². The van der Waals surface area contributed by atoms with Gasteiger partial charge in [0.15, 0.2) is 0 Å². The highest BCUT2D eigenvalue weighted by Crippen LogP contribution is 2.18. The molecule has 0 heterocycles. The lowest BCUT2D eigenvalue weighted by Crippen LogP contribution is -2.25. The summed E-state index contributed by atoms with van der Waals surface area (Å²) in [6.07, 6.45) is 1.57. The molecule has 0 aliphatic carbocycles. The van der Waals surface area contributed by atoms with E-state index < -0.39 is 0 Å². The first kappa shape index (κ1) is 15.2. The maximum atomic E-state index is 13.2. The fourth-order valence-corrected chi connectivity index (χ4v) is 2.96. The van der Waals surface area contributed by atoms with E-state index in [1.165, 1.54) is 22.8 Å². The molecule has 20 heavy (non-hydrogen) atoms. The van der Waals surface area contributed by atoms with E-state index in [0.29, 0.717) is 4.47 Å². The number of nitrogens with two attached hydrogens (primary N) is 1. The van der Waals surface area contributed by atoms with Crippen molar-refractivity contribution in [3.63, 3.8) is 0 Å². The van der Waals surface area contributed by atoms with Gasteiger partial charge in [0.2, 0.25) is 0 Å². The van der Waals surface area contributed by atoms with Crippen LogP contribution in [0.5, 0.6) is 0 Å². The Bertz CT molecular complexity index is 590. The maximum absolute atomic E-state index is 13.2. The molecule has 2 aromatic carbocycles. The lowest BCUT2D eigenvalue weighted by Gasteiger charge is -2.13. The third kappa shape index (κ3) is 4.15. The molecule has 1 atom stereocenters. The molecule has 0 saturated heterocycles. The molecular formula is C17H19BrFN. The molecule has 2 rings (SSSR count). The quantitative estimate of drug-likeness (QED) is 0.884. The SMILES string of the molecule is Cc1cc(C)cc(CC(N)Cc2ccc(F)c(Br)c2)c1. The van der Waals surface area contributed by atoms with E-state index in [4.69, 9.17) is 5.73 Å². The van der Waals surface area contributed by atoms with E-state index in [0.717, 1.165) is 18.4 Å². The number of hydrogen-bond acceptors (Lipinski definition) is 1. The van der Waals surface area contributed by atoms with Crippen LogP contribution in [0.25, 0.3) is 0 Å². The zero-order chi connectivity index (χ0) is 14.7. The minimum atomic E-state index is -0.239. The Morgan fingerprint density at radius 2 is 1.60 bits per heavy atom. The highest BCUT2D eigenvalue weighted by molar-refractivity contribution is 9.10. The highest BCUT2D eigenvalue weighted by Gasteiger charge is 2.08. The number of halogens is 2. The Kier molecular flexibility index (Phi) is 4.95. The van der Waals surface area contributed by atoms with Crippen molar-refractivity contribution in [3.05, 3.63) is 68.9 Å². The molecule has 0 radical (unpaired) electrons. The molecule has 1 nitrogen and oxygen atoms in total. The molecule has 106 valence electrons. The lowest BCUT2D eigenvalue weighted by atomic mass is 9.97. The summed E-state index contributed by atoms with van der Waals surface area (Å²) in [6.45, 7) is 4.19. The van der Waals surface area contributed by atoms with Crippen molar-refractivity contribution < 1.29 is 4.39 Å². The fraction of sp³-hybridized carbons (Fsp3) is 0.294. The number of benzene rings is 2. The van der Waals surface area contributed by atoms with Gasteiger partial charge in [0.05, 0.1) is 4.47 Å². The first-order valence-electron chi connectivity index (χ1n) is 6.70. The Morgan fingerprint density at radius 1 is 1.00 bits per heavy atom. The molecule has 0 aliphatic heterocycles. The van der Waals surface area contributed by atoms with Crippen molar-refractivity contribution in [1.29, 1.82) is 0 Å². The largest absolute Gasteiger partial charge is 0.327 e. The second-order valence-corrected chi connectivity index (χ2v) is 6.27. The van der Waals surface area contributed by atoms with Gasteiger partial charge in [-0.1, -0.05) is 35.4 Å². The summed E-state index contributed by atoms with van der Waals surface area (Å²) in [6, 6.07) is 11.6. The molecule has 2 aromatic rings. The second kappa shape index (κ2) is 6.51. The summed E-state index contributed by atoms with van der Waals surface area (Å²) in [5.41, 5.74) is 11.1. The smallest absolute Gasteiger partial charge is 0.137 e. The van der Waals surface area contributed by atoms with Crippen LogP contribution in [-0.2, 0) is 12.8 Å². The molecule has 0 fully saturated rings. The van der Waals surface area contributed by atoms with E-state index in [1.54, 1.807) is 12.1 Å². The molecule has 0 bridgehead atoms. The molecule has 3 heteroatoms. The van der Waals surface area contributed by atoms with E-state index in [1.807, 2.05) is 0 Å². The summed E-state index contributed by atoms with van der Waals surface area (Å²) >= 11 is 3.21. The van der Waals surface area contributed by atoms with Gasteiger partial charge in [-0.25, -0.2) is 4.39 Å². The summed E-state index contributed by atoms with van der Waals surface area (Å²) in [4.78, 5) is 0. The van der Waals surface area contributed by atoms with Gasteiger partial charge in [0.1, 0.15) is 5.82 Å². The number of hydrogen-bond donors (Lipinski definition) is 1. The number of aryl methyl sites for hydroxylation is 2. The standard InChI is InChI=1S/C17H19BrFN/c1-11-5-12(2)7-14(6-11)9-15(20)8-13-3-4-17(19)16(18)10-13/h3-7,10,15H,8-9,20H2,1-2H3. The Balaban J connectivity index is 2.04. The van der Waals surface area contributed by atoms with Gasteiger partial charge >= 0.3 is 0 Å². The van der Waals surface area contributed by atoms with Gasteiger partial charge in [-0.05, 0) is 65.9 Å². The molecule has 0 saturated carbocycles. The second-order valence-electron chi connectivity index (χ2n) is 5.41. The predicted octanol–water partition coefficient (Wildman–Crippen LogP) is 4.32. The maximum Gasteiger partial charge on any atom is 0.137 e. The van der Waals surface area contributed by atoms with Crippen LogP contribution in [0.1, 0.15) is 22.3 Å². The van der Waals surface area contributed by atoms with Crippen molar-refractivity contribution in [2.45, 2.75) is 32.7 Å². The zero-order valence-corrected chi connectivity index (χ0v) is 13.4. The first-order chi connectivity index (χ1) is 9.44. The van der Waals surface area contributed by atoms with Crippen molar-refractivity contribution in [3.8, 4) is 0 Å². The Hall–Kier alpha value is -1.19. The van der Waals surface area contributed by atoms with Crippen LogP contribution < -0.4 is 5.73 Å². The summed E-state index contributed by atoms with van der Waals surface area (Å²) in [5.74, 6) is -0.239. The van der Waals surface area contributed by atoms with E-state index in [2.05, 4.69) is 48.0 Å². The van der Waals surface area contributed by atoms with Gasteiger partial charge < -0.3 is 5.73 Å². The normalized spacial score (nSPS) is 12.4. The fourth-order valence-electron chi connectivity index (χ4n) is 2.53. The monoisotopic (exact) mass is 335 g/mol. The third-order valence-corrected chi connectivity index (χ3v) is 3.87. The average Bonchev–Trinajstić information content (AvgIpc) is 2.32. The Morgan fingerprint density at radius 3 is 2.20 bits per heavy atom. The average molecular weight is 336 g/mol. The van der Waals surface area contributed by atoms with Crippen molar-refractivity contribution in [2.24, 2.45) is 5.73 Å². The molecule has 1 unspecified atom stereocenters. The third-order valence-electron chi connectivity index (χ3n) is 3.26. The van der Waals surface area contributed by atoms with Crippen LogP contribution in [0.2, 0.25) is 0 Å². The molecular weight excluding hydrogens is 317 g/mol.